The van der Waals surface area contributed by atoms with Crippen LogP contribution in [-0.2, 0) is 9.59 Å². The number of nitrogens with zero attached hydrogens (tertiary/aromatic N) is 4. The van der Waals surface area contributed by atoms with Gasteiger partial charge in [-0.3, -0.25) is 15.0 Å². The lowest BCUT2D eigenvalue weighted by molar-refractivity contribution is -0.143. The van der Waals surface area contributed by atoms with Crippen LogP contribution in [-0.4, -0.2) is 44.7 Å². The van der Waals surface area contributed by atoms with Crippen LogP contribution in [0, 0.1) is 0 Å². The van der Waals surface area contributed by atoms with E-state index in [2.05, 4.69) is 29.5 Å². The van der Waals surface area contributed by atoms with E-state index < -0.39 is 11.8 Å². The van der Waals surface area contributed by atoms with Gasteiger partial charge in [0.25, 0.3) is 0 Å². The molecule has 7 heteroatoms. The summed E-state index contributed by atoms with van der Waals surface area (Å²) >= 11 is 0. The van der Waals surface area contributed by atoms with Gasteiger partial charge >= 0.3 is 11.8 Å². The summed E-state index contributed by atoms with van der Waals surface area (Å²) in [6.45, 7) is 5.34. The van der Waals surface area contributed by atoms with Crippen molar-refractivity contribution in [2.45, 2.75) is 39.5 Å². The maximum absolute atomic E-state index is 12.0. The highest BCUT2D eigenvalue weighted by molar-refractivity contribution is 6.38. The summed E-state index contributed by atoms with van der Waals surface area (Å²) < 4.78 is 1.26. The van der Waals surface area contributed by atoms with Gasteiger partial charge in [0.2, 0.25) is 0 Å². The van der Waals surface area contributed by atoms with Crippen molar-refractivity contribution < 1.29 is 9.59 Å². The zero-order valence-electron chi connectivity index (χ0n) is 11.5. The third-order valence-electron chi connectivity index (χ3n) is 2.69. The second kappa shape index (κ2) is 8.23. The maximum atomic E-state index is 12.0. The third kappa shape index (κ3) is 5.07. The molecule has 0 radical (unpaired) electrons. The van der Waals surface area contributed by atoms with E-state index in [1.807, 2.05) is 0 Å². The molecule has 0 aromatic carbocycles. The number of carbonyl (C=O) groups excluding carboxylic acids is 2. The van der Waals surface area contributed by atoms with Crippen LogP contribution >= 0.6 is 0 Å². The SMILES string of the molecule is CCCCN(CCCC)C(=O)C(=O)Nn1cnnc1. The van der Waals surface area contributed by atoms with Gasteiger partial charge in [-0.1, -0.05) is 26.7 Å². The quantitative estimate of drug-likeness (QED) is 0.740. The fraction of sp³-hybridized carbons (Fsp3) is 0.667. The maximum Gasteiger partial charge on any atom is 0.328 e. The van der Waals surface area contributed by atoms with Crippen molar-refractivity contribution in [2.24, 2.45) is 0 Å². The average molecular weight is 267 g/mol. The number of amides is 2. The summed E-state index contributed by atoms with van der Waals surface area (Å²) in [4.78, 5) is 25.4. The van der Waals surface area contributed by atoms with E-state index in [4.69, 9.17) is 0 Å². The van der Waals surface area contributed by atoms with Crippen molar-refractivity contribution in [2.75, 3.05) is 18.5 Å². The highest BCUT2D eigenvalue weighted by Crippen LogP contribution is 2.00. The number of carbonyl (C=O) groups is 2. The number of hydrogen-bond donors (Lipinski definition) is 1. The highest BCUT2D eigenvalue weighted by atomic mass is 16.2. The molecule has 7 nitrogen and oxygen atoms in total. The first kappa shape index (κ1) is 15.1. The van der Waals surface area contributed by atoms with Gasteiger partial charge in [-0.25, -0.2) is 4.68 Å². The molecule has 0 spiro atoms. The van der Waals surface area contributed by atoms with Crippen molar-refractivity contribution in [1.82, 2.24) is 19.8 Å². The Labute approximate surface area is 113 Å². The number of aromatic nitrogens is 3. The van der Waals surface area contributed by atoms with Crippen molar-refractivity contribution >= 4 is 11.8 Å². The standard InChI is InChI=1S/C12H21N5O2/c1-3-5-7-16(8-6-4-2)12(19)11(18)15-17-9-13-14-10-17/h9-10H,3-8H2,1-2H3,(H,15,18). The summed E-state index contributed by atoms with van der Waals surface area (Å²) in [6, 6.07) is 0. The molecular formula is C12H21N5O2. The largest absolute Gasteiger partial charge is 0.334 e. The van der Waals surface area contributed by atoms with Crippen LogP contribution in [0.4, 0.5) is 0 Å². The Morgan fingerprint density at radius 3 is 2.11 bits per heavy atom. The molecule has 0 aliphatic rings. The second-order valence-electron chi connectivity index (χ2n) is 4.31. The Morgan fingerprint density at radius 1 is 1.11 bits per heavy atom. The lowest BCUT2D eigenvalue weighted by Crippen LogP contribution is -2.42. The molecule has 106 valence electrons. The van der Waals surface area contributed by atoms with Crippen LogP contribution < -0.4 is 5.43 Å². The first-order valence-corrected chi connectivity index (χ1v) is 6.63. The fourth-order valence-corrected chi connectivity index (χ4v) is 1.58. The number of unbranched alkanes of at least 4 members (excludes halogenated alkanes) is 2. The molecule has 1 aromatic heterocycles. The van der Waals surface area contributed by atoms with Gasteiger partial charge in [-0.2, -0.15) is 0 Å². The monoisotopic (exact) mass is 267 g/mol. The molecule has 1 N–H and O–H groups in total. The molecule has 0 unspecified atom stereocenters. The molecule has 0 aliphatic carbocycles. The zero-order chi connectivity index (χ0) is 14.1. The molecule has 0 saturated heterocycles. The molecule has 1 heterocycles. The van der Waals surface area contributed by atoms with Crippen LogP contribution in [0.2, 0.25) is 0 Å². The van der Waals surface area contributed by atoms with Gasteiger partial charge < -0.3 is 4.90 Å². The third-order valence-corrected chi connectivity index (χ3v) is 2.69. The minimum Gasteiger partial charge on any atom is -0.334 e. The minimum atomic E-state index is -0.660. The van der Waals surface area contributed by atoms with Gasteiger partial charge in [0.15, 0.2) is 0 Å². The van der Waals surface area contributed by atoms with E-state index >= 15 is 0 Å². The predicted octanol–water partition coefficient (Wildman–Crippen LogP) is 0.777. The Kier molecular flexibility index (Phi) is 6.56. The van der Waals surface area contributed by atoms with Crippen LogP contribution in [0.25, 0.3) is 0 Å². The zero-order valence-corrected chi connectivity index (χ0v) is 11.5. The molecule has 1 rings (SSSR count). The summed E-state index contributed by atoms with van der Waals surface area (Å²) in [7, 11) is 0. The van der Waals surface area contributed by atoms with E-state index in [0.717, 1.165) is 25.7 Å². The van der Waals surface area contributed by atoms with Crippen molar-refractivity contribution in [3.05, 3.63) is 12.7 Å². The first-order valence-electron chi connectivity index (χ1n) is 6.63. The van der Waals surface area contributed by atoms with Gasteiger partial charge in [-0.15, -0.1) is 10.2 Å². The summed E-state index contributed by atoms with van der Waals surface area (Å²) in [6.07, 6.45) is 6.43. The smallest absolute Gasteiger partial charge is 0.328 e. The molecule has 1 aromatic rings. The van der Waals surface area contributed by atoms with Gasteiger partial charge in [0.1, 0.15) is 12.7 Å². The van der Waals surface area contributed by atoms with E-state index in [-0.39, 0.29) is 0 Å². The second-order valence-corrected chi connectivity index (χ2v) is 4.31. The summed E-state index contributed by atoms with van der Waals surface area (Å²) in [5.74, 6) is -1.16. The highest BCUT2D eigenvalue weighted by Gasteiger charge is 2.21. The Balaban J connectivity index is 2.55. The topological polar surface area (TPSA) is 80.1 Å². The fourth-order valence-electron chi connectivity index (χ4n) is 1.58. The molecular weight excluding hydrogens is 246 g/mol. The molecule has 0 atom stereocenters. The minimum absolute atomic E-state index is 0.504. The summed E-state index contributed by atoms with van der Waals surface area (Å²) in [5, 5.41) is 7.10. The van der Waals surface area contributed by atoms with Crippen LogP contribution in [0.3, 0.4) is 0 Å². The molecule has 19 heavy (non-hydrogen) atoms. The van der Waals surface area contributed by atoms with Crippen LogP contribution in [0.15, 0.2) is 12.7 Å². The van der Waals surface area contributed by atoms with E-state index in [1.165, 1.54) is 17.3 Å². The average Bonchev–Trinajstić information content (AvgIpc) is 2.91. The molecule has 2 amide bonds. The molecule has 0 saturated carbocycles. The van der Waals surface area contributed by atoms with Crippen LogP contribution in [0.1, 0.15) is 39.5 Å². The Morgan fingerprint density at radius 2 is 1.63 bits per heavy atom. The molecule has 0 fully saturated rings. The van der Waals surface area contributed by atoms with Gasteiger partial charge in [-0.05, 0) is 12.8 Å². The number of rotatable bonds is 7. The summed E-state index contributed by atoms with van der Waals surface area (Å²) in [5.41, 5.74) is 2.42. The first-order chi connectivity index (χ1) is 9.19. The lowest BCUT2D eigenvalue weighted by atomic mass is 10.2. The number of hydrogen-bond acceptors (Lipinski definition) is 4. The van der Waals surface area contributed by atoms with Gasteiger partial charge in [0, 0.05) is 13.1 Å². The van der Waals surface area contributed by atoms with Gasteiger partial charge in [0.05, 0.1) is 0 Å². The molecule has 0 aliphatic heterocycles. The Hall–Kier alpha value is -1.92. The lowest BCUT2D eigenvalue weighted by Gasteiger charge is -2.21. The molecule has 0 bridgehead atoms. The van der Waals surface area contributed by atoms with E-state index in [1.54, 1.807) is 4.90 Å². The van der Waals surface area contributed by atoms with Crippen molar-refractivity contribution in [3.8, 4) is 0 Å². The number of nitrogens with one attached hydrogen (secondary N) is 1. The van der Waals surface area contributed by atoms with E-state index in [9.17, 15) is 9.59 Å². The predicted molar refractivity (Wildman–Crippen MR) is 70.8 cm³/mol. The normalized spacial score (nSPS) is 10.2. The van der Waals surface area contributed by atoms with Crippen molar-refractivity contribution in [1.29, 1.82) is 0 Å². The van der Waals surface area contributed by atoms with E-state index in [0.29, 0.717) is 13.1 Å². The Bertz CT molecular complexity index is 383. The van der Waals surface area contributed by atoms with Crippen LogP contribution in [0.5, 0.6) is 0 Å². The van der Waals surface area contributed by atoms with Crippen molar-refractivity contribution in [3.63, 3.8) is 0 Å².